The summed E-state index contributed by atoms with van der Waals surface area (Å²) in [6.45, 7) is 9.39. The van der Waals surface area contributed by atoms with Crippen LogP contribution in [0.4, 0.5) is 5.69 Å². The smallest absolute Gasteiger partial charge is 0.307 e. The van der Waals surface area contributed by atoms with Gasteiger partial charge in [-0.15, -0.1) is 0 Å². The maximum atomic E-state index is 12.1. The van der Waals surface area contributed by atoms with E-state index in [1.54, 1.807) is 5.41 Å². The summed E-state index contributed by atoms with van der Waals surface area (Å²) in [7, 11) is 0. The number of hydrogen-bond donors (Lipinski definition) is 3. The molecule has 35 heavy (non-hydrogen) atoms. The van der Waals surface area contributed by atoms with E-state index in [1.807, 2.05) is 18.2 Å². The number of benzene rings is 3. The molecule has 2 atom stereocenters. The van der Waals surface area contributed by atoms with E-state index in [9.17, 15) is 9.90 Å². The van der Waals surface area contributed by atoms with Crippen molar-refractivity contribution in [1.82, 2.24) is 0 Å². The van der Waals surface area contributed by atoms with Crippen molar-refractivity contribution in [2.75, 3.05) is 5.73 Å². The Kier molecular flexibility index (Phi) is 5.60. The number of anilines is 1. The molecule has 0 amide bonds. The molecule has 1 fully saturated rings. The van der Waals surface area contributed by atoms with Crippen molar-refractivity contribution < 1.29 is 9.90 Å². The van der Waals surface area contributed by atoms with Gasteiger partial charge in [-0.2, -0.15) is 12.6 Å². The Labute approximate surface area is 213 Å². The lowest BCUT2D eigenvalue weighted by Gasteiger charge is -2.42. The Morgan fingerprint density at radius 1 is 0.971 bits per heavy atom. The molecule has 3 N–H and O–H groups in total. The summed E-state index contributed by atoms with van der Waals surface area (Å²) in [6.07, 6.45) is 5.64. The van der Waals surface area contributed by atoms with Crippen LogP contribution >= 0.6 is 12.6 Å². The third-order valence-electron chi connectivity index (χ3n) is 8.58. The van der Waals surface area contributed by atoms with E-state index in [4.69, 9.17) is 5.73 Å². The highest BCUT2D eigenvalue weighted by molar-refractivity contribution is 7.83. The second-order valence-corrected chi connectivity index (χ2v) is 12.2. The number of thiol groups is 1. The SMILES string of the molecule is CC1(C)CCC(C)(C)c2cc3cc(C4(/C=C\S)CC4C(=O)O)c(Cc4ccc(N)cc4)cc3cc21. The molecule has 4 heteroatoms. The summed E-state index contributed by atoms with van der Waals surface area (Å²) in [5, 5.41) is 14.0. The fraction of sp³-hybridized carbons (Fsp3) is 0.387. The first kappa shape index (κ1) is 24.0. The molecule has 1 saturated carbocycles. The zero-order valence-electron chi connectivity index (χ0n) is 21.1. The lowest BCUT2D eigenvalue weighted by atomic mass is 9.62. The minimum atomic E-state index is -0.747. The molecule has 0 spiro atoms. The van der Waals surface area contributed by atoms with Gasteiger partial charge >= 0.3 is 5.97 Å². The Morgan fingerprint density at radius 2 is 1.51 bits per heavy atom. The maximum absolute atomic E-state index is 12.1. The Balaban J connectivity index is 1.75. The predicted octanol–water partition coefficient (Wildman–Crippen LogP) is 7.15. The number of carboxylic acids is 1. The van der Waals surface area contributed by atoms with Crippen molar-refractivity contribution in [2.45, 2.75) is 69.6 Å². The minimum Gasteiger partial charge on any atom is -0.481 e. The molecule has 182 valence electrons. The van der Waals surface area contributed by atoms with Crippen molar-refractivity contribution in [3.8, 4) is 0 Å². The Bertz CT molecular complexity index is 1350. The van der Waals surface area contributed by atoms with E-state index < -0.39 is 17.3 Å². The zero-order chi connectivity index (χ0) is 25.2. The largest absolute Gasteiger partial charge is 0.481 e. The summed E-state index contributed by atoms with van der Waals surface area (Å²) < 4.78 is 0. The molecular weight excluding hydrogens is 450 g/mol. The summed E-state index contributed by atoms with van der Waals surface area (Å²) in [6, 6.07) is 17.3. The van der Waals surface area contributed by atoms with Gasteiger partial charge in [0.25, 0.3) is 0 Å². The van der Waals surface area contributed by atoms with Gasteiger partial charge in [-0.3, -0.25) is 4.79 Å². The van der Waals surface area contributed by atoms with Crippen LogP contribution < -0.4 is 5.73 Å². The van der Waals surface area contributed by atoms with Crippen LogP contribution in [-0.2, 0) is 27.5 Å². The van der Waals surface area contributed by atoms with E-state index in [0.29, 0.717) is 6.42 Å². The van der Waals surface area contributed by atoms with Crippen LogP contribution in [0.15, 0.2) is 60.0 Å². The highest BCUT2D eigenvalue weighted by atomic mass is 32.1. The summed E-state index contributed by atoms with van der Waals surface area (Å²) in [5.74, 6) is -1.18. The standard InChI is InChI=1S/C31H35NO2S/c1-29(2)9-10-30(3,4)26-17-21-15-24(31(11-12-35)18-27(31)28(33)34)22(14-20(21)16-25(26)29)13-19-5-7-23(32)8-6-19/h5-8,11-12,14-17,27,35H,9-10,13,18,32H2,1-4H3,(H,33,34)/b12-11-. The van der Waals surface area contributed by atoms with Crippen LogP contribution in [0.25, 0.3) is 10.8 Å². The number of nitrogen functional groups attached to an aromatic ring is 1. The Hall–Kier alpha value is -2.72. The molecule has 2 aliphatic rings. The average molecular weight is 486 g/mol. The number of carbonyl (C=O) groups is 1. The van der Waals surface area contributed by atoms with Gasteiger partial charge in [0.1, 0.15) is 0 Å². The second-order valence-electron chi connectivity index (χ2n) is 11.9. The van der Waals surface area contributed by atoms with Crippen molar-refractivity contribution in [3.05, 3.63) is 87.8 Å². The number of carboxylic acid groups (broad SMARTS) is 1. The molecule has 0 saturated heterocycles. The van der Waals surface area contributed by atoms with Gasteiger partial charge in [0, 0.05) is 11.1 Å². The number of rotatable bonds is 5. The van der Waals surface area contributed by atoms with Crippen molar-refractivity contribution in [3.63, 3.8) is 0 Å². The van der Waals surface area contributed by atoms with E-state index in [0.717, 1.165) is 29.7 Å². The summed E-state index contributed by atoms with van der Waals surface area (Å²) in [4.78, 5) is 12.1. The maximum Gasteiger partial charge on any atom is 0.307 e. The first-order valence-electron chi connectivity index (χ1n) is 12.5. The zero-order valence-corrected chi connectivity index (χ0v) is 22.0. The number of aliphatic carboxylic acids is 1. The lowest BCUT2D eigenvalue weighted by molar-refractivity contribution is -0.138. The molecule has 0 heterocycles. The summed E-state index contributed by atoms with van der Waals surface area (Å²) >= 11 is 4.35. The molecule has 5 rings (SSSR count). The van der Waals surface area contributed by atoms with Gasteiger partial charge in [0.05, 0.1) is 5.92 Å². The summed E-state index contributed by atoms with van der Waals surface area (Å²) in [5.41, 5.74) is 12.7. The molecule has 2 unspecified atom stereocenters. The number of allylic oxidation sites excluding steroid dienone is 1. The van der Waals surface area contributed by atoms with Gasteiger partial charge < -0.3 is 10.8 Å². The van der Waals surface area contributed by atoms with E-state index in [1.165, 1.54) is 33.9 Å². The van der Waals surface area contributed by atoms with Crippen LogP contribution in [0.5, 0.6) is 0 Å². The van der Waals surface area contributed by atoms with Gasteiger partial charge in [-0.1, -0.05) is 64.1 Å². The van der Waals surface area contributed by atoms with Crippen molar-refractivity contribution in [1.29, 1.82) is 0 Å². The van der Waals surface area contributed by atoms with E-state index in [-0.39, 0.29) is 10.8 Å². The van der Waals surface area contributed by atoms with Gasteiger partial charge in [-0.25, -0.2) is 0 Å². The highest BCUT2D eigenvalue weighted by Gasteiger charge is 2.58. The van der Waals surface area contributed by atoms with Crippen LogP contribution in [0.3, 0.4) is 0 Å². The lowest BCUT2D eigenvalue weighted by Crippen LogP contribution is -2.33. The Morgan fingerprint density at radius 3 is 2.03 bits per heavy atom. The third kappa shape index (κ3) is 4.06. The normalized spacial score (nSPS) is 24.4. The van der Waals surface area contributed by atoms with Crippen LogP contribution in [0, 0.1) is 5.92 Å². The molecule has 0 aromatic heterocycles. The number of hydrogen-bond acceptors (Lipinski definition) is 3. The monoisotopic (exact) mass is 485 g/mol. The molecule has 3 aromatic carbocycles. The molecular formula is C31H35NO2S. The number of nitrogens with two attached hydrogens (primary N) is 1. The molecule has 3 aromatic rings. The third-order valence-corrected chi connectivity index (χ3v) is 8.73. The first-order valence-corrected chi connectivity index (χ1v) is 13.0. The topological polar surface area (TPSA) is 63.3 Å². The first-order chi connectivity index (χ1) is 16.5. The molecule has 2 aliphatic carbocycles. The highest BCUT2D eigenvalue weighted by Crippen LogP contribution is 2.57. The molecule has 0 aliphatic heterocycles. The molecule has 0 bridgehead atoms. The fourth-order valence-corrected chi connectivity index (χ4v) is 6.40. The van der Waals surface area contributed by atoms with E-state index in [2.05, 4.69) is 76.7 Å². The van der Waals surface area contributed by atoms with Gasteiger partial charge in [0.2, 0.25) is 0 Å². The number of fused-ring (bicyclic) bond motifs is 2. The van der Waals surface area contributed by atoms with Crippen LogP contribution in [0.1, 0.15) is 74.8 Å². The van der Waals surface area contributed by atoms with Crippen LogP contribution in [0.2, 0.25) is 0 Å². The van der Waals surface area contributed by atoms with Crippen molar-refractivity contribution >= 4 is 35.1 Å². The quantitative estimate of drug-likeness (QED) is 0.266. The van der Waals surface area contributed by atoms with Gasteiger partial charge in [-0.05, 0) is 98.7 Å². The second kappa shape index (κ2) is 8.16. The van der Waals surface area contributed by atoms with Gasteiger partial charge in [0.15, 0.2) is 0 Å². The van der Waals surface area contributed by atoms with E-state index >= 15 is 0 Å². The minimum absolute atomic E-state index is 0.119. The molecule has 0 radical (unpaired) electrons. The predicted molar refractivity (Wildman–Crippen MR) is 148 cm³/mol. The van der Waals surface area contributed by atoms with Crippen LogP contribution in [-0.4, -0.2) is 11.1 Å². The molecule has 3 nitrogen and oxygen atoms in total. The fourth-order valence-electron chi connectivity index (χ4n) is 6.14. The average Bonchev–Trinajstić information content (AvgIpc) is 3.53. The van der Waals surface area contributed by atoms with Crippen molar-refractivity contribution in [2.24, 2.45) is 5.92 Å².